The summed E-state index contributed by atoms with van der Waals surface area (Å²) in [4.78, 5) is 35.1. The van der Waals surface area contributed by atoms with Gasteiger partial charge in [0.2, 0.25) is 5.91 Å². The third-order valence-corrected chi connectivity index (χ3v) is 3.15. The van der Waals surface area contributed by atoms with Crippen molar-refractivity contribution in [1.29, 1.82) is 0 Å². The molecule has 1 aliphatic heterocycles. The Morgan fingerprint density at radius 1 is 1.48 bits per heavy atom. The van der Waals surface area contributed by atoms with E-state index in [2.05, 4.69) is 15.6 Å². The second-order valence-electron chi connectivity index (χ2n) is 4.71. The van der Waals surface area contributed by atoms with Gasteiger partial charge in [-0.15, -0.1) is 5.10 Å². The zero-order chi connectivity index (χ0) is 15.4. The highest BCUT2D eigenvalue weighted by Gasteiger charge is 2.32. The number of urea groups is 1. The predicted octanol–water partition coefficient (Wildman–Crippen LogP) is -1.48. The first-order valence-electron chi connectivity index (χ1n) is 6.42. The molecule has 2 rings (SSSR count). The van der Waals surface area contributed by atoms with Crippen LogP contribution < -0.4 is 11.1 Å². The van der Waals surface area contributed by atoms with Crippen molar-refractivity contribution in [2.75, 3.05) is 6.54 Å². The summed E-state index contributed by atoms with van der Waals surface area (Å²) in [6, 6.07) is -0.975. The summed E-state index contributed by atoms with van der Waals surface area (Å²) >= 11 is 0. The van der Waals surface area contributed by atoms with E-state index in [0.29, 0.717) is 18.7 Å². The number of carbonyl (C=O) groups is 3. The smallest absolute Gasteiger partial charge is 0.325 e. The number of hydrogen-bond donors (Lipinski definition) is 3. The molecule has 1 aromatic rings. The second kappa shape index (κ2) is 6.20. The predicted molar refractivity (Wildman–Crippen MR) is 68.8 cm³/mol. The number of rotatable bonds is 5. The summed E-state index contributed by atoms with van der Waals surface area (Å²) in [6.45, 7) is 0.280. The van der Waals surface area contributed by atoms with Crippen LogP contribution in [0.5, 0.6) is 0 Å². The minimum Gasteiger partial charge on any atom is -0.480 e. The molecular weight excluding hydrogens is 280 g/mol. The van der Waals surface area contributed by atoms with E-state index in [1.54, 1.807) is 0 Å². The molecule has 1 fully saturated rings. The number of aromatic nitrogens is 3. The quantitative estimate of drug-likeness (QED) is 0.604. The number of amides is 3. The number of primary amides is 1. The summed E-state index contributed by atoms with van der Waals surface area (Å²) in [5.41, 5.74) is 5.67. The van der Waals surface area contributed by atoms with Gasteiger partial charge in [0, 0.05) is 6.54 Å². The number of carboxylic acids is 1. The van der Waals surface area contributed by atoms with Crippen LogP contribution in [-0.2, 0) is 22.7 Å². The summed E-state index contributed by atoms with van der Waals surface area (Å²) in [5, 5.41) is 18.6. The van der Waals surface area contributed by atoms with Gasteiger partial charge in [-0.2, -0.15) is 0 Å². The molecule has 4 N–H and O–H groups in total. The lowest BCUT2D eigenvalue weighted by Gasteiger charge is -2.22. The van der Waals surface area contributed by atoms with Gasteiger partial charge in [-0.05, 0) is 12.8 Å². The van der Waals surface area contributed by atoms with E-state index in [1.165, 1.54) is 11.1 Å². The highest BCUT2D eigenvalue weighted by atomic mass is 16.4. The SMILES string of the molecule is NC(=O)C1CCCN1C(=O)NCc1cn(CC(=O)O)nn1. The Morgan fingerprint density at radius 3 is 2.90 bits per heavy atom. The summed E-state index contributed by atoms with van der Waals surface area (Å²) in [5.74, 6) is -1.55. The highest BCUT2D eigenvalue weighted by molar-refractivity contribution is 5.86. The van der Waals surface area contributed by atoms with E-state index in [9.17, 15) is 14.4 Å². The molecule has 0 aliphatic carbocycles. The molecule has 21 heavy (non-hydrogen) atoms. The van der Waals surface area contributed by atoms with Crippen molar-refractivity contribution < 1.29 is 19.5 Å². The molecule has 114 valence electrons. The van der Waals surface area contributed by atoms with Crippen molar-refractivity contribution in [2.45, 2.75) is 32.0 Å². The number of carboxylic acid groups (broad SMARTS) is 1. The Morgan fingerprint density at radius 2 is 2.24 bits per heavy atom. The van der Waals surface area contributed by atoms with Crippen molar-refractivity contribution in [3.05, 3.63) is 11.9 Å². The molecular formula is C11H16N6O4. The monoisotopic (exact) mass is 296 g/mol. The molecule has 0 bridgehead atoms. The minimum atomic E-state index is -1.03. The van der Waals surface area contributed by atoms with Crippen molar-refractivity contribution in [1.82, 2.24) is 25.2 Å². The molecule has 0 aromatic carbocycles. The van der Waals surface area contributed by atoms with Gasteiger partial charge < -0.3 is 21.1 Å². The van der Waals surface area contributed by atoms with E-state index in [0.717, 1.165) is 11.1 Å². The Hall–Kier alpha value is -2.65. The second-order valence-corrected chi connectivity index (χ2v) is 4.71. The molecule has 10 nitrogen and oxygen atoms in total. The van der Waals surface area contributed by atoms with Crippen LogP contribution >= 0.6 is 0 Å². The fraction of sp³-hybridized carbons (Fsp3) is 0.545. The van der Waals surface area contributed by atoms with Gasteiger partial charge in [0.15, 0.2) is 0 Å². The van der Waals surface area contributed by atoms with Crippen LogP contribution in [0.3, 0.4) is 0 Å². The topological polar surface area (TPSA) is 143 Å². The first-order valence-corrected chi connectivity index (χ1v) is 6.42. The van der Waals surface area contributed by atoms with Gasteiger partial charge in [0.1, 0.15) is 18.3 Å². The highest BCUT2D eigenvalue weighted by Crippen LogP contribution is 2.16. The van der Waals surface area contributed by atoms with E-state index >= 15 is 0 Å². The third kappa shape index (κ3) is 3.68. The number of nitrogens with two attached hydrogens (primary N) is 1. The fourth-order valence-electron chi connectivity index (χ4n) is 2.21. The lowest BCUT2D eigenvalue weighted by molar-refractivity contribution is -0.137. The maximum Gasteiger partial charge on any atom is 0.325 e. The summed E-state index contributed by atoms with van der Waals surface area (Å²) in [6.07, 6.45) is 2.73. The Bertz CT molecular complexity index is 557. The van der Waals surface area contributed by atoms with E-state index < -0.39 is 23.9 Å². The number of nitrogens with one attached hydrogen (secondary N) is 1. The van der Waals surface area contributed by atoms with Gasteiger partial charge in [0.25, 0.3) is 0 Å². The van der Waals surface area contributed by atoms with Crippen LogP contribution in [0.15, 0.2) is 6.20 Å². The molecule has 1 aromatic heterocycles. The number of nitrogens with zero attached hydrogens (tertiary/aromatic N) is 4. The first-order chi connectivity index (χ1) is 9.97. The molecule has 10 heteroatoms. The van der Waals surface area contributed by atoms with Crippen LogP contribution in [0.2, 0.25) is 0 Å². The van der Waals surface area contributed by atoms with Gasteiger partial charge in [-0.1, -0.05) is 5.21 Å². The normalized spacial score (nSPS) is 17.7. The van der Waals surface area contributed by atoms with Crippen LogP contribution in [-0.4, -0.2) is 55.5 Å². The third-order valence-electron chi connectivity index (χ3n) is 3.15. The molecule has 1 aliphatic rings. The number of carbonyl (C=O) groups excluding carboxylic acids is 2. The molecule has 1 atom stereocenters. The standard InChI is InChI=1S/C11H16N6O4/c12-10(20)8-2-1-3-17(8)11(21)13-4-7-5-16(15-14-7)6-9(18)19/h5,8H,1-4,6H2,(H2,12,20)(H,13,21)(H,18,19). The van der Waals surface area contributed by atoms with E-state index in [4.69, 9.17) is 10.8 Å². The number of aliphatic carboxylic acids is 1. The lowest BCUT2D eigenvalue weighted by atomic mass is 10.2. The van der Waals surface area contributed by atoms with Crippen molar-refractivity contribution in [3.8, 4) is 0 Å². The molecule has 0 saturated carbocycles. The van der Waals surface area contributed by atoms with Crippen molar-refractivity contribution >= 4 is 17.9 Å². The molecule has 3 amide bonds. The molecule has 0 radical (unpaired) electrons. The van der Waals surface area contributed by atoms with Gasteiger partial charge in [0.05, 0.1) is 12.7 Å². The van der Waals surface area contributed by atoms with Crippen molar-refractivity contribution in [3.63, 3.8) is 0 Å². The Kier molecular flexibility index (Phi) is 4.36. The van der Waals surface area contributed by atoms with Crippen LogP contribution in [0.4, 0.5) is 4.79 Å². The minimum absolute atomic E-state index is 0.0977. The largest absolute Gasteiger partial charge is 0.480 e. The van der Waals surface area contributed by atoms with Crippen LogP contribution in [0.1, 0.15) is 18.5 Å². The van der Waals surface area contributed by atoms with E-state index in [-0.39, 0.29) is 13.1 Å². The molecule has 2 heterocycles. The molecule has 1 unspecified atom stereocenters. The van der Waals surface area contributed by atoms with Crippen molar-refractivity contribution in [2.24, 2.45) is 5.73 Å². The number of hydrogen-bond acceptors (Lipinski definition) is 5. The number of likely N-dealkylation sites (tertiary alicyclic amines) is 1. The zero-order valence-electron chi connectivity index (χ0n) is 11.2. The lowest BCUT2D eigenvalue weighted by Crippen LogP contribution is -2.47. The maximum atomic E-state index is 12.0. The molecule has 1 saturated heterocycles. The van der Waals surface area contributed by atoms with E-state index in [1.807, 2.05) is 0 Å². The summed E-state index contributed by atoms with van der Waals surface area (Å²) in [7, 11) is 0. The average molecular weight is 296 g/mol. The summed E-state index contributed by atoms with van der Waals surface area (Å²) < 4.78 is 1.16. The Balaban J connectivity index is 1.87. The fourth-order valence-corrected chi connectivity index (χ4v) is 2.21. The molecule has 0 spiro atoms. The average Bonchev–Trinajstić information content (AvgIpc) is 3.03. The zero-order valence-corrected chi connectivity index (χ0v) is 11.2. The first kappa shape index (κ1) is 14.8. The maximum absolute atomic E-state index is 12.0. The van der Waals surface area contributed by atoms with Gasteiger partial charge >= 0.3 is 12.0 Å². The van der Waals surface area contributed by atoms with Gasteiger partial charge in [-0.3, -0.25) is 9.59 Å². The Labute approximate surface area is 119 Å². The van der Waals surface area contributed by atoms with Gasteiger partial charge in [-0.25, -0.2) is 9.48 Å². The van der Waals surface area contributed by atoms with Crippen LogP contribution in [0.25, 0.3) is 0 Å². The van der Waals surface area contributed by atoms with Crippen LogP contribution in [0, 0.1) is 0 Å².